The molecule has 0 heterocycles. The second-order valence-electron chi connectivity index (χ2n) is 4.76. The van der Waals surface area contributed by atoms with Gasteiger partial charge in [-0.15, -0.1) is 0 Å². The average molecular weight is 421 g/mol. The molecule has 0 saturated carbocycles. The maximum atomic E-state index is 10.4. The van der Waals surface area contributed by atoms with Crippen LogP contribution in [0.15, 0.2) is 30.3 Å². The molecule has 3 heteroatoms. The van der Waals surface area contributed by atoms with Gasteiger partial charge in [0.1, 0.15) is 0 Å². The number of hydrogen-bond donors (Lipinski definition) is 0. The van der Waals surface area contributed by atoms with Crippen molar-refractivity contribution < 1.29 is 36.0 Å². The first-order valence-electron chi connectivity index (χ1n) is 5.98. The van der Waals surface area contributed by atoms with Crippen molar-refractivity contribution >= 4 is 9.04 Å². The average Bonchev–Trinajstić information content (AvgIpc) is 2.28. The van der Waals surface area contributed by atoms with Gasteiger partial charge in [0.05, 0.1) is 0 Å². The van der Waals surface area contributed by atoms with Crippen LogP contribution < -0.4 is 8.18 Å². The van der Waals surface area contributed by atoms with Crippen molar-refractivity contribution in [3.8, 4) is 0 Å². The molecular formula is C14H20HgO2. The zero-order chi connectivity index (χ0) is 13.3. The zero-order valence-electron chi connectivity index (χ0n) is 11.0. The number of carbonyl (C=O) groups excluding carboxylic acids is 1. The number of hydrogen-bond acceptors (Lipinski definition) is 2. The summed E-state index contributed by atoms with van der Waals surface area (Å²) in [6, 6.07) is 10.6. The van der Waals surface area contributed by atoms with E-state index >= 15 is 0 Å². The molecule has 1 aromatic carbocycles. The Labute approximate surface area is 120 Å². The Hall–Kier alpha value is -0.375. The van der Waals surface area contributed by atoms with Gasteiger partial charge in [-0.3, -0.25) is 0 Å². The van der Waals surface area contributed by atoms with Crippen LogP contribution in [0.1, 0.15) is 40.0 Å². The van der Waals surface area contributed by atoms with Gasteiger partial charge in [0.15, 0.2) is 0 Å². The van der Waals surface area contributed by atoms with Gasteiger partial charge < -0.3 is 9.90 Å². The summed E-state index contributed by atoms with van der Waals surface area (Å²) in [4.78, 5) is 10.4. The zero-order valence-corrected chi connectivity index (χ0v) is 16.5. The molecule has 17 heavy (non-hydrogen) atoms. The van der Waals surface area contributed by atoms with E-state index in [4.69, 9.17) is 0 Å². The van der Waals surface area contributed by atoms with Gasteiger partial charge in [-0.2, -0.15) is 0 Å². The van der Waals surface area contributed by atoms with Crippen LogP contribution in [0.25, 0.3) is 0 Å². The standard InChI is InChI=1S/C8H16O2.C6H5.Hg/c1-4-5-6-8(2,3)7(9)10;1-2-4-6-5-3-1;/h4-6H2,1-3H3,(H,9,10);1-5H;/q;;+1/p-1. The molecule has 2 nitrogen and oxygen atoms in total. The van der Waals surface area contributed by atoms with Crippen molar-refractivity contribution in [2.75, 3.05) is 0 Å². The van der Waals surface area contributed by atoms with Crippen LogP contribution in [0.2, 0.25) is 0 Å². The predicted octanol–water partition coefficient (Wildman–Crippen LogP) is 1.81. The second kappa shape index (κ2) is 8.68. The number of benzene rings is 1. The summed E-state index contributed by atoms with van der Waals surface area (Å²) >= 11 is 0.810. The first kappa shape index (κ1) is 16.6. The van der Waals surface area contributed by atoms with E-state index in [1.807, 2.05) is 6.92 Å². The molecule has 1 aromatic rings. The van der Waals surface area contributed by atoms with Gasteiger partial charge in [0.2, 0.25) is 0 Å². The molecule has 0 aliphatic heterocycles. The van der Waals surface area contributed by atoms with E-state index in [0.29, 0.717) is 6.42 Å². The van der Waals surface area contributed by atoms with E-state index < -0.39 is 11.4 Å². The van der Waals surface area contributed by atoms with Crippen LogP contribution in [-0.4, -0.2) is 5.97 Å². The van der Waals surface area contributed by atoms with E-state index in [2.05, 4.69) is 30.3 Å². The van der Waals surface area contributed by atoms with Gasteiger partial charge >= 0.3 is 59.5 Å². The topological polar surface area (TPSA) is 40.1 Å². The van der Waals surface area contributed by atoms with E-state index in [-0.39, 0.29) is 0 Å². The fourth-order valence-electron chi connectivity index (χ4n) is 1.20. The normalized spacial score (nSPS) is 10.4. The molecule has 0 N–H and O–H groups in total. The van der Waals surface area contributed by atoms with Gasteiger partial charge in [-0.25, -0.2) is 0 Å². The molecule has 0 aromatic heterocycles. The molecule has 0 saturated heterocycles. The summed E-state index contributed by atoms with van der Waals surface area (Å²) in [5, 5.41) is 10.4. The quantitative estimate of drug-likeness (QED) is 0.697. The van der Waals surface area contributed by atoms with Crippen molar-refractivity contribution in [1.29, 1.82) is 0 Å². The number of unbranched alkanes of at least 4 members (excludes halogenated alkanes) is 1. The van der Waals surface area contributed by atoms with E-state index in [1.54, 1.807) is 13.8 Å². The van der Waals surface area contributed by atoms with Crippen molar-refractivity contribution in [3.05, 3.63) is 30.3 Å². The third-order valence-electron chi connectivity index (χ3n) is 2.55. The Morgan fingerprint density at radius 1 is 1.29 bits per heavy atom. The predicted molar refractivity (Wildman–Crippen MR) is 64.4 cm³/mol. The summed E-state index contributed by atoms with van der Waals surface area (Å²) in [5.41, 5.74) is -0.643. The fourth-order valence-corrected chi connectivity index (χ4v) is 2.26. The number of rotatable bonds is 4. The van der Waals surface area contributed by atoms with E-state index in [0.717, 1.165) is 39.0 Å². The summed E-state index contributed by atoms with van der Waals surface area (Å²) in [6.07, 6.45) is 2.71. The van der Waals surface area contributed by atoms with Crippen LogP contribution in [0.3, 0.4) is 0 Å². The van der Waals surface area contributed by atoms with E-state index in [1.165, 1.54) is 3.07 Å². The third kappa shape index (κ3) is 8.36. The van der Waals surface area contributed by atoms with Gasteiger partial charge in [-0.1, -0.05) is 33.6 Å². The Morgan fingerprint density at radius 3 is 2.12 bits per heavy atom. The SMILES string of the molecule is CCCCC(C)(C)C(=O)[O-].[Hg+][c]1ccccc1. The van der Waals surface area contributed by atoms with Crippen LogP contribution >= 0.6 is 0 Å². The number of carboxylic acids is 1. The Balaban J connectivity index is 0.000000318. The second-order valence-corrected chi connectivity index (χ2v) is 7.93. The molecule has 0 aliphatic rings. The van der Waals surface area contributed by atoms with Crippen molar-refractivity contribution in [3.63, 3.8) is 0 Å². The fraction of sp³-hybridized carbons (Fsp3) is 0.500. The molecule has 0 unspecified atom stereocenters. The van der Waals surface area contributed by atoms with E-state index in [9.17, 15) is 9.90 Å². The van der Waals surface area contributed by atoms with Crippen molar-refractivity contribution in [1.82, 2.24) is 0 Å². The van der Waals surface area contributed by atoms with Gasteiger partial charge in [-0.05, 0) is 6.42 Å². The molecule has 0 radical (unpaired) electrons. The third-order valence-corrected chi connectivity index (χ3v) is 4.38. The molecule has 0 spiro atoms. The van der Waals surface area contributed by atoms with Crippen LogP contribution in [-0.2, 0) is 30.9 Å². The summed E-state index contributed by atoms with van der Waals surface area (Å²) in [7, 11) is 0. The summed E-state index contributed by atoms with van der Waals surface area (Å²) in [5.74, 6) is -0.944. The first-order valence-corrected chi connectivity index (χ1v) is 8.73. The number of carbonyl (C=O) groups is 1. The van der Waals surface area contributed by atoms with Crippen LogP contribution in [0.4, 0.5) is 0 Å². The van der Waals surface area contributed by atoms with Gasteiger partial charge in [0.25, 0.3) is 0 Å². The number of carboxylic acid groups (broad SMARTS) is 1. The first-order chi connectivity index (χ1) is 7.90. The number of aliphatic carboxylic acids is 1. The molecule has 1 rings (SSSR count). The minimum absolute atomic E-state index is 0.643. The maximum absolute atomic E-state index is 10.4. The van der Waals surface area contributed by atoms with Crippen molar-refractivity contribution in [2.45, 2.75) is 40.0 Å². The monoisotopic (exact) mass is 422 g/mol. The summed E-state index contributed by atoms with van der Waals surface area (Å²) in [6.45, 7) is 5.46. The molecule has 0 atom stereocenters. The molecule has 0 bridgehead atoms. The van der Waals surface area contributed by atoms with Crippen LogP contribution in [0, 0.1) is 5.41 Å². The minimum atomic E-state index is -0.944. The molecule has 0 fully saturated rings. The molecule has 90 valence electrons. The van der Waals surface area contributed by atoms with Gasteiger partial charge in [0, 0.05) is 11.4 Å². The molecule has 0 amide bonds. The Bertz CT molecular complexity index is 320. The van der Waals surface area contributed by atoms with Crippen LogP contribution in [0.5, 0.6) is 0 Å². The Kier molecular flexibility index (Phi) is 8.49. The summed E-state index contributed by atoms with van der Waals surface area (Å²) < 4.78 is 1.52. The van der Waals surface area contributed by atoms with Crippen molar-refractivity contribution in [2.24, 2.45) is 5.41 Å². The Morgan fingerprint density at radius 2 is 1.82 bits per heavy atom. The molecular weight excluding hydrogens is 401 g/mol. The molecule has 0 aliphatic carbocycles.